The highest BCUT2D eigenvalue weighted by molar-refractivity contribution is 6.02. The van der Waals surface area contributed by atoms with Crippen molar-refractivity contribution in [3.05, 3.63) is 42.2 Å². The van der Waals surface area contributed by atoms with Gasteiger partial charge >= 0.3 is 11.9 Å². The lowest BCUT2D eigenvalue weighted by molar-refractivity contribution is -0.145. The average Bonchev–Trinajstić information content (AvgIpc) is 3.57. The Morgan fingerprint density at radius 2 is 1.95 bits per heavy atom. The molecule has 0 spiro atoms. The van der Waals surface area contributed by atoms with E-state index in [1.165, 1.54) is 18.2 Å². The zero-order valence-corrected chi connectivity index (χ0v) is 21.7. The zero-order valence-electron chi connectivity index (χ0n) is 21.7. The number of carboxylic acid groups (broad SMARTS) is 2. The highest BCUT2D eigenvalue weighted by Gasteiger charge is 2.28. The number of aromatic hydroxyl groups is 1. The Balaban J connectivity index is 1.48. The Labute approximate surface area is 232 Å². The third kappa shape index (κ3) is 5.69. The smallest absolute Gasteiger partial charge is 0.326 e. The summed E-state index contributed by atoms with van der Waals surface area (Å²) in [5.74, 6) is -3.67. The van der Waals surface area contributed by atoms with E-state index in [-0.39, 0.29) is 17.3 Å². The van der Waals surface area contributed by atoms with Crippen molar-refractivity contribution in [1.29, 1.82) is 5.26 Å². The molecule has 1 atom stereocenters. The number of nitrogens with one attached hydrogen (secondary N) is 2. The van der Waals surface area contributed by atoms with E-state index in [1.807, 2.05) is 10.6 Å². The summed E-state index contributed by atoms with van der Waals surface area (Å²) in [5.41, 5.74) is 2.09. The molecule has 0 bridgehead atoms. The van der Waals surface area contributed by atoms with Crippen LogP contribution in [0, 0.1) is 17.2 Å². The predicted octanol–water partition coefficient (Wildman–Crippen LogP) is 4.34. The molecule has 3 heterocycles. The van der Waals surface area contributed by atoms with Gasteiger partial charge in [0.2, 0.25) is 0 Å². The number of nitrogens with zero attached hydrogens (tertiary/aromatic N) is 6. The second-order valence-corrected chi connectivity index (χ2v) is 9.91. The van der Waals surface area contributed by atoms with Crippen molar-refractivity contribution in [1.82, 2.24) is 24.8 Å². The number of amides is 1. The maximum atomic E-state index is 12.7. The van der Waals surface area contributed by atoms with E-state index in [1.54, 1.807) is 12.4 Å². The van der Waals surface area contributed by atoms with Crippen molar-refractivity contribution in [2.75, 3.05) is 0 Å². The summed E-state index contributed by atoms with van der Waals surface area (Å²) in [6.45, 7) is 0. The van der Waals surface area contributed by atoms with Crippen LogP contribution in [0.3, 0.4) is 0 Å². The monoisotopic (exact) mass is 558 g/mol. The second-order valence-electron chi connectivity index (χ2n) is 9.91. The quantitative estimate of drug-likeness (QED) is 0.184. The molecule has 0 aliphatic heterocycles. The number of carbonyl (C=O) groups is 3. The average molecular weight is 559 g/mol. The van der Waals surface area contributed by atoms with Crippen LogP contribution in [-0.4, -0.2) is 58.7 Å². The van der Waals surface area contributed by atoms with E-state index in [4.69, 9.17) is 10.4 Å². The van der Waals surface area contributed by atoms with Gasteiger partial charge in [-0.15, -0.1) is 10.2 Å². The Bertz CT molecular complexity index is 1710. The van der Waals surface area contributed by atoms with Crippen molar-refractivity contribution in [3.63, 3.8) is 0 Å². The van der Waals surface area contributed by atoms with Crippen molar-refractivity contribution in [3.8, 4) is 11.8 Å². The van der Waals surface area contributed by atoms with E-state index < -0.39 is 36.1 Å². The maximum absolute atomic E-state index is 12.7. The Kier molecular flexibility index (Phi) is 7.59. The topological polar surface area (TPSA) is 219 Å². The molecule has 1 aliphatic rings. The molecule has 1 saturated carbocycles. The number of nitriles is 1. The molecule has 210 valence electrons. The summed E-state index contributed by atoms with van der Waals surface area (Å²) in [6.07, 6.45) is 6.60. The number of H-pyrrole nitrogens is 1. The fourth-order valence-electron chi connectivity index (χ4n) is 5.21. The van der Waals surface area contributed by atoms with Crippen LogP contribution in [0.2, 0.25) is 0 Å². The number of imidazole rings is 1. The molecule has 5 N–H and O–H groups in total. The van der Waals surface area contributed by atoms with Gasteiger partial charge in [-0.25, -0.2) is 14.8 Å². The molecule has 0 unspecified atom stereocenters. The number of aliphatic carboxylic acids is 2. The molecule has 1 aromatic carbocycles. The lowest BCUT2D eigenvalue weighted by atomic mass is 9.84. The van der Waals surface area contributed by atoms with Gasteiger partial charge in [-0.1, -0.05) is 0 Å². The minimum atomic E-state index is -1.69. The lowest BCUT2D eigenvalue weighted by Crippen LogP contribution is -2.42. The number of pyridine rings is 1. The largest absolute Gasteiger partial charge is 0.507 e. The number of hydrogen-bond donors (Lipinski definition) is 5. The number of carbonyl (C=O) groups excluding carboxylic acids is 1. The normalized spacial score (nSPS) is 17.9. The van der Waals surface area contributed by atoms with Crippen LogP contribution in [0.15, 0.2) is 46.9 Å². The highest BCUT2D eigenvalue weighted by atomic mass is 16.4. The predicted molar refractivity (Wildman–Crippen MR) is 144 cm³/mol. The van der Waals surface area contributed by atoms with E-state index in [9.17, 15) is 24.6 Å². The Morgan fingerprint density at radius 3 is 2.66 bits per heavy atom. The first-order valence-electron chi connectivity index (χ1n) is 13.0. The standard InChI is InChI=1S/C27H26N8O6/c28-9-7-14-1-4-16(5-2-14)35-23-17-8-10-29-24(17)30-13-20(23)32-27(35)34-33-15-3-6-21(36)18(11-15)25(39)31-19(26(40)41)12-22(37)38/h3,6,8,10-11,13-14,16,19,36H,1-2,4-5,7,12H2,(H,29,30)(H,31,39)(H,37,38)(H,40,41)/b34-33+/t14?,16?,19-/m1/s1. The van der Waals surface area contributed by atoms with Crippen molar-refractivity contribution in [2.24, 2.45) is 16.1 Å². The molecule has 14 heteroatoms. The first-order valence-corrected chi connectivity index (χ1v) is 13.0. The fraction of sp³-hybridized carbons (Fsp3) is 0.333. The molecule has 0 radical (unpaired) electrons. The summed E-state index contributed by atoms with van der Waals surface area (Å²) in [5, 5.41) is 49.1. The molecule has 1 fully saturated rings. The molecule has 3 aromatic heterocycles. The molecular weight excluding hydrogens is 532 g/mol. The van der Waals surface area contributed by atoms with Crippen LogP contribution in [0.4, 0.5) is 11.6 Å². The van der Waals surface area contributed by atoms with Gasteiger partial charge in [0.1, 0.15) is 23.0 Å². The van der Waals surface area contributed by atoms with Gasteiger partial charge in [0, 0.05) is 24.0 Å². The van der Waals surface area contributed by atoms with Crippen LogP contribution in [-0.2, 0) is 9.59 Å². The number of phenols is 1. The van der Waals surface area contributed by atoms with Crippen molar-refractivity contribution >= 4 is 51.5 Å². The van der Waals surface area contributed by atoms with Crippen molar-refractivity contribution in [2.45, 2.75) is 50.6 Å². The first-order chi connectivity index (χ1) is 19.7. The van der Waals surface area contributed by atoms with E-state index >= 15 is 0 Å². The number of phenolic OH excluding ortho intramolecular Hbond substituents is 1. The Morgan fingerprint density at radius 1 is 1.17 bits per heavy atom. The van der Waals surface area contributed by atoms with Gasteiger partial charge in [0.15, 0.2) is 0 Å². The van der Waals surface area contributed by atoms with Crippen LogP contribution in [0.25, 0.3) is 22.1 Å². The van der Waals surface area contributed by atoms with Gasteiger partial charge in [-0.3, -0.25) is 9.59 Å². The van der Waals surface area contributed by atoms with E-state index in [0.717, 1.165) is 36.6 Å². The number of aromatic nitrogens is 4. The van der Waals surface area contributed by atoms with Crippen LogP contribution >= 0.6 is 0 Å². The van der Waals surface area contributed by atoms with Gasteiger partial charge in [0.05, 0.1) is 35.5 Å². The zero-order chi connectivity index (χ0) is 29.1. The number of rotatable bonds is 9. The molecule has 14 nitrogen and oxygen atoms in total. The number of benzene rings is 1. The third-order valence-electron chi connectivity index (χ3n) is 7.24. The molecule has 5 rings (SSSR count). The minimum absolute atomic E-state index is 0.0627. The summed E-state index contributed by atoms with van der Waals surface area (Å²) in [4.78, 5) is 47.2. The number of aromatic amines is 1. The molecule has 41 heavy (non-hydrogen) atoms. The van der Waals surface area contributed by atoms with Gasteiger partial charge in [-0.05, 0) is 55.9 Å². The molecule has 1 aliphatic carbocycles. The van der Waals surface area contributed by atoms with Gasteiger partial charge in [0.25, 0.3) is 11.9 Å². The maximum Gasteiger partial charge on any atom is 0.326 e. The minimum Gasteiger partial charge on any atom is -0.507 e. The third-order valence-corrected chi connectivity index (χ3v) is 7.24. The van der Waals surface area contributed by atoms with Crippen LogP contribution < -0.4 is 5.32 Å². The van der Waals surface area contributed by atoms with Gasteiger partial charge < -0.3 is 30.2 Å². The molecule has 1 amide bonds. The van der Waals surface area contributed by atoms with E-state index in [2.05, 4.69) is 36.6 Å². The highest BCUT2D eigenvalue weighted by Crippen LogP contribution is 2.40. The second kappa shape index (κ2) is 11.4. The molecule has 0 saturated heterocycles. The fourth-order valence-corrected chi connectivity index (χ4v) is 5.21. The summed E-state index contributed by atoms with van der Waals surface area (Å²) in [7, 11) is 0. The van der Waals surface area contributed by atoms with Gasteiger partial charge in [-0.2, -0.15) is 5.26 Å². The lowest BCUT2D eigenvalue weighted by Gasteiger charge is -2.29. The van der Waals surface area contributed by atoms with Crippen molar-refractivity contribution < 1.29 is 29.7 Å². The molecular formula is C27H26N8O6. The SMILES string of the molecule is N#CCC1CCC(n2c(/N=N/c3ccc(O)c(C(=O)N[C@H](CC(=O)O)C(=O)O)c3)nc3cnc4[nH]ccc4c32)CC1. The van der Waals surface area contributed by atoms with Crippen LogP contribution in [0.1, 0.15) is 54.9 Å². The molecule has 4 aromatic rings. The first kappa shape index (κ1) is 27.3. The van der Waals surface area contributed by atoms with Crippen LogP contribution in [0.5, 0.6) is 5.75 Å². The summed E-state index contributed by atoms with van der Waals surface area (Å²) >= 11 is 0. The summed E-state index contributed by atoms with van der Waals surface area (Å²) < 4.78 is 2.04. The number of carboxylic acids is 2. The van der Waals surface area contributed by atoms with E-state index in [0.29, 0.717) is 29.5 Å². The number of hydrogen-bond acceptors (Lipinski definition) is 9. The number of azo groups is 1. The number of fused-ring (bicyclic) bond motifs is 3. The summed E-state index contributed by atoms with van der Waals surface area (Å²) in [6, 6.07) is 6.41. The Hall–Kier alpha value is -5.32.